The van der Waals surface area contributed by atoms with Crippen molar-refractivity contribution in [1.29, 1.82) is 0 Å². The fourth-order valence-electron chi connectivity index (χ4n) is 2.30. The number of hydrogen-bond acceptors (Lipinski definition) is 3. The van der Waals surface area contributed by atoms with E-state index in [9.17, 15) is 9.59 Å². The van der Waals surface area contributed by atoms with E-state index in [1.807, 2.05) is 6.92 Å². The number of carbonyl (C=O) groups is 2. The number of halogens is 1. The SMILES string of the molecule is CC(CNC(C)C)CN1C(=O)C(=O)c2cccc(Cl)c21. The van der Waals surface area contributed by atoms with Crippen LogP contribution in [-0.4, -0.2) is 30.8 Å². The Hall–Kier alpha value is -1.39. The third kappa shape index (κ3) is 2.86. The number of nitrogens with one attached hydrogen (secondary N) is 1. The Balaban J connectivity index is 2.17. The molecule has 1 aromatic carbocycles. The smallest absolute Gasteiger partial charge is 0.299 e. The van der Waals surface area contributed by atoms with E-state index in [0.717, 1.165) is 6.54 Å². The van der Waals surface area contributed by atoms with E-state index in [2.05, 4.69) is 19.2 Å². The second-order valence-electron chi connectivity index (χ2n) is 5.55. The van der Waals surface area contributed by atoms with E-state index in [1.165, 1.54) is 4.90 Å². The Morgan fingerprint density at radius 2 is 1.95 bits per heavy atom. The van der Waals surface area contributed by atoms with Gasteiger partial charge in [0.25, 0.3) is 11.7 Å². The molecule has 1 aliphatic heterocycles. The average Bonchev–Trinajstić information content (AvgIpc) is 2.63. The minimum absolute atomic E-state index is 0.233. The van der Waals surface area contributed by atoms with Crippen molar-refractivity contribution in [3.05, 3.63) is 28.8 Å². The molecule has 1 aromatic rings. The van der Waals surface area contributed by atoms with Gasteiger partial charge in [-0.25, -0.2) is 0 Å². The lowest BCUT2D eigenvalue weighted by atomic mass is 10.1. The average molecular weight is 295 g/mol. The minimum Gasteiger partial charge on any atom is -0.314 e. The second kappa shape index (κ2) is 5.94. The summed E-state index contributed by atoms with van der Waals surface area (Å²) >= 11 is 6.14. The summed E-state index contributed by atoms with van der Waals surface area (Å²) in [6, 6.07) is 5.44. The van der Waals surface area contributed by atoms with Gasteiger partial charge in [-0.1, -0.05) is 38.4 Å². The van der Waals surface area contributed by atoms with Gasteiger partial charge in [0, 0.05) is 12.6 Å². The molecular weight excluding hydrogens is 276 g/mol. The summed E-state index contributed by atoms with van der Waals surface area (Å²) in [6.07, 6.45) is 0. The number of ketones is 1. The van der Waals surface area contributed by atoms with Crippen molar-refractivity contribution in [1.82, 2.24) is 5.32 Å². The van der Waals surface area contributed by atoms with Crippen molar-refractivity contribution < 1.29 is 9.59 Å². The van der Waals surface area contributed by atoms with Crippen molar-refractivity contribution in [2.24, 2.45) is 5.92 Å². The van der Waals surface area contributed by atoms with E-state index < -0.39 is 11.7 Å². The summed E-state index contributed by atoms with van der Waals surface area (Å²) in [5, 5.41) is 3.78. The number of carbonyl (C=O) groups excluding carboxylic acids is 2. The lowest BCUT2D eigenvalue weighted by Crippen LogP contribution is -2.38. The molecule has 1 heterocycles. The predicted octanol–water partition coefficient (Wildman–Crippen LogP) is 2.50. The number of benzene rings is 1. The van der Waals surface area contributed by atoms with Crippen molar-refractivity contribution >= 4 is 29.0 Å². The number of para-hydroxylation sites is 1. The Kier molecular flexibility index (Phi) is 4.45. The van der Waals surface area contributed by atoms with Crippen LogP contribution in [0.5, 0.6) is 0 Å². The number of nitrogens with zero attached hydrogens (tertiary/aromatic N) is 1. The highest BCUT2D eigenvalue weighted by Crippen LogP contribution is 2.35. The molecule has 1 unspecified atom stereocenters. The summed E-state index contributed by atoms with van der Waals surface area (Å²) in [6.45, 7) is 7.46. The highest BCUT2D eigenvalue weighted by Gasteiger charge is 2.37. The lowest BCUT2D eigenvalue weighted by Gasteiger charge is -2.23. The first kappa shape index (κ1) is 15.0. The monoisotopic (exact) mass is 294 g/mol. The molecule has 0 bridgehead atoms. The summed E-state index contributed by atoms with van der Waals surface area (Å²) in [5.74, 6) is -0.715. The van der Waals surface area contributed by atoms with Crippen LogP contribution in [0.25, 0.3) is 0 Å². The van der Waals surface area contributed by atoms with Crippen LogP contribution >= 0.6 is 11.6 Å². The number of anilines is 1. The molecule has 2 rings (SSSR count). The molecule has 0 fully saturated rings. The van der Waals surface area contributed by atoms with Crippen LogP contribution in [0, 0.1) is 5.92 Å². The Labute approximate surface area is 124 Å². The first-order valence-corrected chi connectivity index (χ1v) is 7.17. The topological polar surface area (TPSA) is 49.4 Å². The standard InChI is InChI=1S/C15H19ClN2O2/c1-9(2)17-7-10(3)8-18-13-11(14(19)15(18)20)5-4-6-12(13)16/h4-6,9-10,17H,7-8H2,1-3H3. The van der Waals surface area contributed by atoms with E-state index in [-0.39, 0.29) is 5.92 Å². The maximum Gasteiger partial charge on any atom is 0.299 e. The normalized spacial score (nSPS) is 15.9. The maximum absolute atomic E-state index is 12.1. The zero-order chi connectivity index (χ0) is 14.9. The van der Waals surface area contributed by atoms with Crippen LogP contribution in [0.3, 0.4) is 0 Å². The molecule has 0 saturated carbocycles. The van der Waals surface area contributed by atoms with Gasteiger partial charge in [0.05, 0.1) is 16.3 Å². The van der Waals surface area contributed by atoms with Crippen molar-refractivity contribution in [3.63, 3.8) is 0 Å². The maximum atomic E-state index is 12.1. The van der Waals surface area contributed by atoms with Crippen LogP contribution in [0.1, 0.15) is 31.1 Å². The number of fused-ring (bicyclic) bond motifs is 1. The van der Waals surface area contributed by atoms with Gasteiger partial charge in [-0.2, -0.15) is 0 Å². The van der Waals surface area contributed by atoms with E-state index in [0.29, 0.717) is 28.9 Å². The number of rotatable bonds is 5. The van der Waals surface area contributed by atoms with Crippen LogP contribution in [-0.2, 0) is 4.79 Å². The molecule has 0 radical (unpaired) electrons. The van der Waals surface area contributed by atoms with E-state index in [4.69, 9.17) is 11.6 Å². The molecule has 1 N–H and O–H groups in total. The molecule has 5 heteroatoms. The Bertz CT molecular complexity index is 543. The molecule has 20 heavy (non-hydrogen) atoms. The van der Waals surface area contributed by atoms with E-state index >= 15 is 0 Å². The quantitative estimate of drug-likeness (QED) is 0.849. The molecular formula is C15H19ClN2O2. The third-order valence-corrected chi connectivity index (χ3v) is 3.61. The first-order valence-electron chi connectivity index (χ1n) is 6.80. The fraction of sp³-hybridized carbons (Fsp3) is 0.467. The molecule has 0 spiro atoms. The molecule has 1 atom stereocenters. The molecule has 0 aliphatic carbocycles. The van der Waals surface area contributed by atoms with Crippen molar-refractivity contribution in [3.8, 4) is 0 Å². The molecule has 0 saturated heterocycles. The highest BCUT2D eigenvalue weighted by atomic mass is 35.5. The molecule has 4 nitrogen and oxygen atoms in total. The third-order valence-electron chi connectivity index (χ3n) is 3.31. The summed E-state index contributed by atoms with van der Waals surface area (Å²) in [5.41, 5.74) is 0.965. The zero-order valence-corrected chi connectivity index (χ0v) is 12.7. The number of Topliss-reactive ketones (excluding diaryl/α,β-unsaturated/α-hetero) is 1. The molecule has 1 amide bonds. The van der Waals surface area contributed by atoms with Gasteiger partial charge < -0.3 is 10.2 Å². The number of amides is 1. The number of hydrogen-bond donors (Lipinski definition) is 1. The lowest BCUT2D eigenvalue weighted by molar-refractivity contribution is -0.114. The van der Waals surface area contributed by atoms with Crippen molar-refractivity contribution in [2.45, 2.75) is 26.8 Å². The van der Waals surface area contributed by atoms with Gasteiger partial charge in [-0.3, -0.25) is 9.59 Å². The van der Waals surface area contributed by atoms with Crippen LogP contribution in [0.2, 0.25) is 5.02 Å². The van der Waals surface area contributed by atoms with Gasteiger partial charge in [0.15, 0.2) is 0 Å². The van der Waals surface area contributed by atoms with Gasteiger partial charge in [-0.15, -0.1) is 0 Å². The fourth-order valence-corrected chi connectivity index (χ4v) is 2.58. The van der Waals surface area contributed by atoms with Gasteiger partial charge >= 0.3 is 0 Å². The van der Waals surface area contributed by atoms with Gasteiger partial charge in [0.1, 0.15) is 0 Å². The first-order chi connectivity index (χ1) is 9.41. The summed E-state index contributed by atoms with van der Waals surface area (Å²) in [4.78, 5) is 25.5. The summed E-state index contributed by atoms with van der Waals surface area (Å²) < 4.78 is 0. The molecule has 108 valence electrons. The predicted molar refractivity (Wildman–Crippen MR) is 80.4 cm³/mol. The largest absolute Gasteiger partial charge is 0.314 e. The van der Waals surface area contributed by atoms with Crippen LogP contribution in [0.4, 0.5) is 5.69 Å². The zero-order valence-electron chi connectivity index (χ0n) is 11.9. The highest BCUT2D eigenvalue weighted by molar-refractivity contribution is 6.54. The van der Waals surface area contributed by atoms with Crippen LogP contribution in [0.15, 0.2) is 18.2 Å². The second-order valence-corrected chi connectivity index (χ2v) is 5.96. The van der Waals surface area contributed by atoms with Gasteiger partial charge in [-0.05, 0) is 24.6 Å². The van der Waals surface area contributed by atoms with Gasteiger partial charge in [0.2, 0.25) is 0 Å². The molecule has 1 aliphatic rings. The molecule has 0 aromatic heterocycles. The summed E-state index contributed by atoms with van der Waals surface area (Å²) in [7, 11) is 0. The van der Waals surface area contributed by atoms with Crippen LogP contribution < -0.4 is 10.2 Å². The van der Waals surface area contributed by atoms with E-state index in [1.54, 1.807) is 18.2 Å². The Morgan fingerprint density at radius 1 is 1.25 bits per heavy atom. The van der Waals surface area contributed by atoms with Crippen molar-refractivity contribution in [2.75, 3.05) is 18.0 Å². The minimum atomic E-state index is -0.482. The Morgan fingerprint density at radius 3 is 2.60 bits per heavy atom.